The molecule has 0 bridgehead atoms. The van der Waals surface area contributed by atoms with Gasteiger partial charge in [-0.25, -0.2) is 0 Å². The molecule has 0 aliphatic carbocycles. The summed E-state index contributed by atoms with van der Waals surface area (Å²) in [5.41, 5.74) is 2.62. The van der Waals surface area contributed by atoms with Gasteiger partial charge in [-0.2, -0.15) is 0 Å². The molecule has 0 atom stereocenters. The minimum absolute atomic E-state index is 0.189. The van der Waals surface area contributed by atoms with Crippen molar-refractivity contribution in [1.82, 2.24) is 5.32 Å². The van der Waals surface area contributed by atoms with Crippen LogP contribution in [0.4, 0.5) is 5.69 Å². The normalized spacial score (nSPS) is 10.4. The quantitative estimate of drug-likeness (QED) is 0.376. The highest BCUT2D eigenvalue weighted by atomic mass is 16.5. The molecule has 0 saturated heterocycles. The Hall–Kier alpha value is -3.60. The third-order valence-electron chi connectivity index (χ3n) is 5.06. The van der Waals surface area contributed by atoms with E-state index in [1.807, 2.05) is 42.5 Å². The lowest BCUT2D eigenvalue weighted by molar-refractivity contribution is 0.0949. The van der Waals surface area contributed by atoms with Crippen molar-refractivity contribution in [2.45, 2.75) is 39.2 Å². The molecular formula is C27H30N2O3. The zero-order valence-corrected chi connectivity index (χ0v) is 18.5. The van der Waals surface area contributed by atoms with Gasteiger partial charge in [0.1, 0.15) is 5.75 Å². The molecule has 0 aliphatic heterocycles. The smallest absolute Gasteiger partial charge is 0.255 e. The second kappa shape index (κ2) is 12.3. The molecule has 5 heteroatoms. The van der Waals surface area contributed by atoms with Crippen LogP contribution in [0.25, 0.3) is 0 Å². The van der Waals surface area contributed by atoms with Crippen LogP contribution < -0.4 is 15.4 Å². The summed E-state index contributed by atoms with van der Waals surface area (Å²) in [6.45, 7) is 3.32. The highest BCUT2D eigenvalue weighted by Gasteiger charge is 2.10. The number of unbranched alkanes of at least 4 members (excludes halogenated alkanes) is 3. The molecule has 32 heavy (non-hydrogen) atoms. The van der Waals surface area contributed by atoms with Gasteiger partial charge in [0.25, 0.3) is 11.8 Å². The Labute approximate surface area is 189 Å². The van der Waals surface area contributed by atoms with E-state index < -0.39 is 0 Å². The fraction of sp³-hybridized carbons (Fsp3) is 0.259. The monoisotopic (exact) mass is 430 g/mol. The van der Waals surface area contributed by atoms with Crippen LogP contribution in [-0.2, 0) is 6.54 Å². The summed E-state index contributed by atoms with van der Waals surface area (Å²) in [7, 11) is 0. The van der Waals surface area contributed by atoms with Crippen molar-refractivity contribution in [2.75, 3.05) is 11.9 Å². The van der Waals surface area contributed by atoms with Crippen LogP contribution in [0.2, 0.25) is 0 Å². The molecule has 3 aromatic rings. The number of benzene rings is 3. The summed E-state index contributed by atoms with van der Waals surface area (Å²) in [6, 6.07) is 23.7. The Balaban J connectivity index is 1.52. The third-order valence-corrected chi connectivity index (χ3v) is 5.06. The van der Waals surface area contributed by atoms with Crippen molar-refractivity contribution < 1.29 is 14.3 Å². The number of rotatable bonds is 11. The largest absolute Gasteiger partial charge is 0.494 e. The summed E-state index contributed by atoms with van der Waals surface area (Å²) in [5.74, 6) is 0.335. The van der Waals surface area contributed by atoms with E-state index >= 15 is 0 Å². The van der Waals surface area contributed by atoms with Crippen molar-refractivity contribution >= 4 is 17.5 Å². The summed E-state index contributed by atoms with van der Waals surface area (Å²) >= 11 is 0. The van der Waals surface area contributed by atoms with E-state index in [1.165, 1.54) is 19.3 Å². The van der Waals surface area contributed by atoms with E-state index in [0.717, 1.165) is 17.7 Å². The molecule has 0 heterocycles. The van der Waals surface area contributed by atoms with Crippen molar-refractivity contribution in [3.05, 3.63) is 95.6 Å². The van der Waals surface area contributed by atoms with Crippen LogP contribution in [0.15, 0.2) is 78.9 Å². The van der Waals surface area contributed by atoms with E-state index in [4.69, 9.17) is 4.74 Å². The van der Waals surface area contributed by atoms with Gasteiger partial charge in [0.15, 0.2) is 0 Å². The minimum Gasteiger partial charge on any atom is -0.494 e. The Morgan fingerprint density at radius 3 is 2.31 bits per heavy atom. The lowest BCUT2D eigenvalue weighted by atomic mass is 10.1. The maximum absolute atomic E-state index is 12.6. The highest BCUT2D eigenvalue weighted by Crippen LogP contribution is 2.16. The minimum atomic E-state index is -0.235. The lowest BCUT2D eigenvalue weighted by Gasteiger charge is -2.10. The van der Waals surface area contributed by atoms with E-state index in [9.17, 15) is 9.59 Å². The van der Waals surface area contributed by atoms with E-state index in [2.05, 4.69) is 17.6 Å². The van der Waals surface area contributed by atoms with Crippen LogP contribution in [0.1, 0.15) is 58.9 Å². The molecule has 3 aromatic carbocycles. The van der Waals surface area contributed by atoms with Gasteiger partial charge in [-0.1, -0.05) is 62.6 Å². The third kappa shape index (κ3) is 7.27. The van der Waals surface area contributed by atoms with Gasteiger partial charge in [0.2, 0.25) is 0 Å². The molecule has 0 aromatic heterocycles. The molecule has 2 N–H and O–H groups in total. The second-order valence-corrected chi connectivity index (χ2v) is 7.64. The van der Waals surface area contributed by atoms with Gasteiger partial charge >= 0.3 is 0 Å². The predicted molar refractivity (Wildman–Crippen MR) is 128 cm³/mol. The van der Waals surface area contributed by atoms with Crippen molar-refractivity contribution in [1.29, 1.82) is 0 Å². The highest BCUT2D eigenvalue weighted by molar-refractivity contribution is 6.05. The van der Waals surface area contributed by atoms with Gasteiger partial charge in [-0.05, 0) is 54.4 Å². The molecule has 0 unspecified atom stereocenters. The van der Waals surface area contributed by atoms with E-state index in [1.54, 1.807) is 36.4 Å². The molecule has 3 rings (SSSR count). The molecular weight excluding hydrogens is 400 g/mol. The Morgan fingerprint density at radius 1 is 0.781 bits per heavy atom. The van der Waals surface area contributed by atoms with Crippen LogP contribution in [0.5, 0.6) is 5.75 Å². The van der Waals surface area contributed by atoms with Crippen LogP contribution in [0.3, 0.4) is 0 Å². The first-order valence-corrected chi connectivity index (χ1v) is 11.1. The number of nitrogens with one attached hydrogen (secondary N) is 2. The molecule has 0 aliphatic rings. The first-order valence-electron chi connectivity index (χ1n) is 11.1. The Bertz CT molecular complexity index is 1000. The number of carbonyl (C=O) groups is 2. The van der Waals surface area contributed by atoms with E-state index in [-0.39, 0.29) is 11.8 Å². The zero-order valence-electron chi connectivity index (χ0n) is 18.5. The molecule has 166 valence electrons. The number of amides is 2. The van der Waals surface area contributed by atoms with Crippen LogP contribution in [0, 0.1) is 0 Å². The molecule has 0 fully saturated rings. The molecule has 0 radical (unpaired) electrons. The molecule has 2 amide bonds. The fourth-order valence-corrected chi connectivity index (χ4v) is 3.24. The summed E-state index contributed by atoms with van der Waals surface area (Å²) in [5, 5.41) is 5.75. The van der Waals surface area contributed by atoms with Gasteiger partial charge in [-0.3, -0.25) is 9.59 Å². The summed E-state index contributed by atoms with van der Waals surface area (Å²) in [4.78, 5) is 25.1. The molecule has 5 nitrogen and oxygen atoms in total. The van der Waals surface area contributed by atoms with Gasteiger partial charge in [0, 0.05) is 23.4 Å². The first kappa shape index (κ1) is 23.1. The number of ether oxygens (including phenoxy) is 1. The average Bonchev–Trinajstić information content (AvgIpc) is 2.83. The van der Waals surface area contributed by atoms with Crippen molar-refractivity contribution in [3.63, 3.8) is 0 Å². The Kier molecular flexibility index (Phi) is 8.87. The fourth-order valence-electron chi connectivity index (χ4n) is 3.24. The van der Waals surface area contributed by atoms with Crippen molar-refractivity contribution in [2.24, 2.45) is 0 Å². The van der Waals surface area contributed by atoms with Crippen LogP contribution in [-0.4, -0.2) is 18.4 Å². The second-order valence-electron chi connectivity index (χ2n) is 7.64. The number of carbonyl (C=O) groups excluding carboxylic acids is 2. The predicted octanol–water partition coefficient (Wildman–Crippen LogP) is 5.83. The maximum Gasteiger partial charge on any atom is 0.255 e. The van der Waals surface area contributed by atoms with Crippen molar-refractivity contribution in [3.8, 4) is 5.75 Å². The maximum atomic E-state index is 12.6. The van der Waals surface area contributed by atoms with Gasteiger partial charge in [0.05, 0.1) is 6.61 Å². The first-order chi connectivity index (χ1) is 15.7. The zero-order chi connectivity index (χ0) is 22.6. The van der Waals surface area contributed by atoms with Gasteiger partial charge < -0.3 is 15.4 Å². The lowest BCUT2D eigenvalue weighted by Crippen LogP contribution is -2.23. The molecule has 0 saturated carbocycles. The van der Waals surface area contributed by atoms with Crippen LogP contribution >= 0.6 is 0 Å². The SMILES string of the molecule is CCCCCCOc1ccc(C(=O)Nc2cccc(C(=O)NCc3ccccc3)c2)cc1. The van der Waals surface area contributed by atoms with E-state index in [0.29, 0.717) is 30.0 Å². The number of anilines is 1. The van der Waals surface area contributed by atoms with Gasteiger partial charge in [-0.15, -0.1) is 0 Å². The summed E-state index contributed by atoms with van der Waals surface area (Å²) in [6.07, 6.45) is 4.62. The number of hydrogen-bond acceptors (Lipinski definition) is 3. The average molecular weight is 431 g/mol. The topological polar surface area (TPSA) is 67.4 Å². The number of hydrogen-bond donors (Lipinski definition) is 2. The summed E-state index contributed by atoms with van der Waals surface area (Å²) < 4.78 is 5.73. The Morgan fingerprint density at radius 2 is 1.56 bits per heavy atom. The standard InChI is InChI=1S/C27H30N2O3/c1-2-3-4-8-18-32-25-16-14-22(15-17-25)27(31)29-24-13-9-12-23(19-24)26(30)28-20-21-10-6-5-7-11-21/h5-7,9-17,19H,2-4,8,18,20H2,1H3,(H,28,30)(H,29,31). The molecule has 0 spiro atoms.